The number of nitro groups is 1. The highest BCUT2D eigenvalue weighted by molar-refractivity contribution is 9.10. The average molecular weight is 561 g/mol. The summed E-state index contributed by atoms with van der Waals surface area (Å²) >= 11 is 4.40. The van der Waals surface area contributed by atoms with Crippen molar-refractivity contribution in [3.8, 4) is 5.75 Å². The number of benzene rings is 2. The van der Waals surface area contributed by atoms with Crippen molar-refractivity contribution in [1.82, 2.24) is 0 Å². The number of amides is 1. The standard InChI is InChI=1S/C24H21BrN2O7S/c1-3-20(28)26-23-21(24(30)33-4-2)22(29)19(35-23)12-15-11-16(25)7-10-18(15)34-13-14-5-8-17(9-6-14)27(31)32/h5-12,29H,3-4,13H2,1-2H3/b19-12-,26-23?. The van der Waals surface area contributed by atoms with E-state index in [2.05, 4.69) is 20.9 Å². The van der Waals surface area contributed by atoms with Crippen molar-refractivity contribution in [3.63, 3.8) is 0 Å². The molecule has 0 atom stereocenters. The zero-order valence-electron chi connectivity index (χ0n) is 18.8. The highest BCUT2D eigenvalue weighted by atomic mass is 79.9. The maximum absolute atomic E-state index is 12.4. The van der Waals surface area contributed by atoms with Crippen molar-refractivity contribution in [3.05, 3.63) is 84.4 Å². The van der Waals surface area contributed by atoms with Gasteiger partial charge in [-0.3, -0.25) is 14.9 Å². The summed E-state index contributed by atoms with van der Waals surface area (Å²) in [5.74, 6) is -1.07. The lowest BCUT2D eigenvalue weighted by molar-refractivity contribution is -0.384. The number of carbonyl (C=O) groups excluding carboxylic acids is 2. The summed E-state index contributed by atoms with van der Waals surface area (Å²) in [7, 11) is 0. The molecule has 0 aliphatic carbocycles. The van der Waals surface area contributed by atoms with Gasteiger partial charge in [-0.15, -0.1) is 0 Å². The van der Waals surface area contributed by atoms with Gasteiger partial charge in [-0.1, -0.05) is 34.6 Å². The van der Waals surface area contributed by atoms with Crippen LogP contribution in [0.3, 0.4) is 0 Å². The van der Waals surface area contributed by atoms with Crippen molar-refractivity contribution in [2.75, 3.05) is 6.61 Å². The molecule has 0 bridgehead atoms. The maximum Gasteiger partial charge on any atom is 0.344 e. The molecule has 1 aliphatic rings. The molecule has 1 heterocycles. The fourth-order valence-electron chi connectivity index (χ4n) is 2.96. The van der Waals surface area contributed by atoms with Crippen molar-refractivity contribution >= 4 is 56.4 Å². The van der Waals surface area contributed by atoms with Crippen LogP contribution >= 0.6 is 27.7 Å². The Morgan fingerprint density at radius 1 is 1.20 bits per heavy atom. The molecular formula is C24H21BrN2O7S. The van der Waals surface area contributed by atoms with Crippen molar-refractivity contribution in [2.45, 2.75) is 26.9 Å². The molecule has 0 saturated heterocycles. The van der Waals surface area contributed by atoms with E-state index in [1.807, 2.05) is 0 Å². The number of aliphatic hydroxyl groups excluding tert-OH is 1. The summed E-state index contributed by atoms with van der Waals surface area (Å²) in [6, 6.07) is 11.3. The zero-order valence-corrected chi connectivity index (χ0v) is 21.2. The fourth-order valence-corrected chi connectivity index (χ4v) is 4.37. The molecule has 0 spiro atoms. The number of rotatable bonds is 8. The normalized spacial score (nSPS) is 15.5. The highest BCUT2D eigenvalue weighted by Gasteiger charge is 2.33. The van der Waals surface area contributed by atoms with Gasteiger partial charge in [0.2, 0.25) is 5.91 Å². The first kappa shape index (κ1) is 26.2. The van der Waals surface area contributed by atoms with E-state index in [1.54, 1.807) is 50.3 Å². The number of esters is 1. The van der Waals surface area contributed by atoms with E-state index in [-0.39, 0.29) is 41.7 Å². The van der Waals surface area contributed by atoms with Gasteiger partial charge in [0.05, 0.1) is 16.4 Å². The Bertz CT molecular complexity index is 1250. The Balaban J connectivity index is 1.93. The topological polar surface area (TPSA) is 128 Å². The Morgan fingerprint density at radius 3 is 2.54 bits per heavy atom. The van der Waals surface area contributed by atoms with E-state index >= 15 is 0 Å². The molecule has 0 aromatic heterocycles. The second-order valence-corrected chi connectivity index (χ2v) is 9.06. The smallest absolute Gasteiger partial charge is 0.344 e. The van der Waals surface area contributed by atoms with Crippen LogP contribution in [-0.2, 0) is 20.9 Å². The number of halogens is 1. The number of non-ortho nitro benzene ring substituents is 1. The van der Waals surface area contributed by atoms with Crippen LogP contribution < -0.4 is 4.74 Å². The van der Waals surface area contributed by atoms with E-state index in [4.69, 9.17) is 9.47 Å². The van der Waals surface area contributed by atoms with E-state index in [9.17, 15) is 24.8 Å². The van der Waals surface area contributed by atoms with Crippen molar-refractivity contribution in [2.24, 2.45) is 4.99 Å². The molecular weight excluding hydrogens is 540 g/mol. The lowest BCUT2D eigenvalue weighted by Crippen LogP contribution is -2.14. The minimum Gasteiger partial charge on any atom is -0.506 e. The molecule has 1 amide bonds. The third-order valence-electron chi connectivity index (χ3n) is 4.70. The summed E-state index contributed by atoms with van der Waals surface area (Å²) < 4.78 is 11.7. The lowest BCUT2D eigenvalue weighted by atomic mass is 10.1. The maximum atomic E-state index is 12.4. The van der Waals surface area contributed by atoms with Gasteiger partial charge in [-0.25, -0.2) is 9.79 Å². The SMILES string of the molecule is CCOC(=O)C1=C(O)/C(=C/c2cc(Br)ccc2OCc2ccc([N+](=O)[O-])cc2)SC1=NC(=O)CC. The van der Waals surface area contributed by atoms with Crippen LogP contribution in [0.15, 0.2) is 68.2 Å². The van der Waals surface area contributed by atoms with E-state index in [1.165, 1.54) is 12.1 Å². The molecule has 0 unspecified atom stereocenters. The first-order valence-electron chi connectivity index (χ1n) is 10.5. The minimum absolute atomic E-state index is 0.0141. The molecule has 1 N–H and O–H groups in total. The summed E-state index contributed by atoms with van der Waals surface area (Å²) in [6.45, 7) is 3.53. The Morgan fingerprint density at radius 2 is 1.91 bits per heavy atom. The Hall–Kier alpha value is -3.44. The molecule has 11 heteroatoms. The number of nitro benzene ring substituents is 1. The van der Waals surface area contributed by atoms with Crippen LogP contribution in [0.1, 0.15) is 31.4 Å². The predicted molar refractivity (Wildman–Crippen MR) is 136 cm³/mol. The predicted octanol–water partition coefficient (Wildman–Crippen LogP) is 5.73. The molecule has 1 aliphatic heterocycles. The third kappa shape index (κ3) is 6.58. The van der Waals surface area contributed by atoms with Crippen LogP contribution in [0.25, 0.3) is 6.08 Å². The third-order valence-corrected chi connectivity index (χ3v) is 6.21. The van der Waals surface area contributed by atoms with Gasteiger partial charge in [0.1, 0.15) is 28.7 Å². The van der Waals surface area contributed by atoms with Crippen LogP contribution in [0.2, 0.25) is 0 Å². The number of nitrogens with zero attached hydrogens (tertiary/aromatic N) is 2. The van der Waals surface area contributed by atoms with Crippen LogP contribution in [-0.4, -0.2) is 33.6 Å². The number of ether oxygens (including phenoxy) is 2. The van der Waals surface area contributed by atoms with Crippen molar-refractivity contribution < 1.29 is 29.1 Å². The molecule has 0 radical (unpaired) electrons. The molecule has 3 rings (SSSR count). The quantitative estimate of drug-likeness (QED) is 0.246. The van der Waals surface area contributed by atoms with E-state index < -0.39 is 16.8 Å². The molecule has 182 valence electrons. The summed E-state index contributed by atoms with van der Waals surface area (Å²) in [6.07, 6.45) is 1.76. The summed E-state index contributed by atoms with van der Waals surface area (Å²) in [4.78, 5) is 39.0. The molecule has 0 saturated carbocycles. The fraction of sp³-hybridized carbons (Fsp3) is 0.208. The van der Waals surface area contributed by atoms with Gasteiger partial charge in [0.15, 0.2) is 0 Å². The van der Waals surface area contributed by atoms with E-state index in [0.29, 0.717) is 16.2 Å². The average Bonchev–Trinajstić information content (AvgIpc) is 3.13. The molecule has 0 fully saturated rings. The zero-order chi connectivity index (χ0) is 25.5. The van der Waals surface area contributed by atoms with Crippen LogP contribution in [0.4, 0.5) is 5.69 Å². The van der Waals surface area contributed by atoms with Gasteiger partial charge in [0.25, 0.3) is 5.69 Å². The number of hydrogen-bond donors (Lipinski definition) is 1. The number of thioether (sulfide) groups is 1. The van der Waals surface area contributed by atoms with Crippen LogP contribution in [0.5, 0.6) is 5.75 Å². The second-order valence-electron chi connectivity index (χ2n) is 7.11. The number of aliphatic hydroxyl groups is 1. The Kier molecular flexibility index (Phi) is 8.83. The number of aliphatic imine (C=N–C) groups is 1. The first-order valence-corrected chi connectivity index (χ1v) is 12.1. The van der Waals surface area contributed by atoms with Gasteiger partial charge in [-0.2, -0.15) is 0 Å². The molecule has 2 aromatic carbocycles. The minimum atomic E-state index is -0.771. The molecule has 2 aromatic rings. The number of carbonyl (C=O) groups is 2. The largest absolute Gasteiger partial charge is 0.506 e. The van der Waals surface area contributed by atoms with Crippen LogP contribution in [0, 0.1) is 10.1 Å². The first-order chi connectivity index (χ1) is 16.7. The monoisotopic (exact) mass is 560 g/mol. The van der Waals surface area contributed by atoms with Crippen molar-refractivity contribution in [1.29, 1.82) is 0 Å². The summed E-state index contributed by atoms with van der Waals surface area (Å²) in [5, 5.41) is 21.7. The lowest BCUT2D eigenvalue weighted by Gasteiger charge is -2.11. The van der Waals surface area contributed by atoms with Gasteiger partial charge < -0.3 is 14.6 Å². The highest BCUT2D eigenvalue weighted by Crippen LogP contribution is 2.40. The summed E-state index contributed by atoms with van der Waals surface area (Å²) in [5.41, 5.74) is 1.14. The molecule has 35 heavy (non-hydrogen) atoms. The van der Waals surface area contributed by atoms with E-state index in [0.717, 1.165) is 21.8 Å². The molecule has 9 nitrogen and oxygen atoms in total. The Labute approximate surface area is 213 Å². The number of hydrogen-bond acceptors (Lipinski definition) is 8. The van der Waals surface area contributed by atoms with Gasteiger partial charge in [-0.05, 0) is 48.9 Å². The van der Waals surface area contributed by atoms with Gasteiger partial charge in [0, 0.05) is 28.6 Å². The second kappa shape index (κ2) is 11.8. The van der Waals surface area contributed by atoms with Gasteiger partial charge >= 0.3 is 5.97 Å².